The monoisotopic (exact) mass is 462 g/mol. The molecule has 4 rings (SSSR count). The lowest BCUT2D eigenvalue weighted by atomic mass is 10.2. The molecule has 1 fully saturated rings. The van der Waals surface area contributed by atoms with Crippen molar-refractivity contribution in [3.63, 3.8) is 0 Å². The Labute approximate surface area is 184 Å². The Morgan fingerprint density at radius 3 is 2.56 bits per heavy atom. The number of hydrogen-bond acceptors (Lipinski definition) is 6. The molecule has 0 bridgehead atoms. The van der Waals surface area contributed by atoms with Gasteiger partial charge in [-0.05, 0) is 44.0 Å². The van der Waals surface area contributed by atoms with E-state index in [0.717, 1.165) is 30.8 Å². The predicted octanol–water partition coefficient (Wildman–Crippen LogP) is 3.86. The fourth-order valence-electron chi connectivity index (χ4n) is 3.90. The van der Waals surface area contributed by atoms with E-state index in [2.05, 4.69) is 4.98 Å². The van der Waals surface area contributed by atoms with Crippen LogP contribution in [0.2, 0.25) is 0 Å². The number of piperidine rings is 1. The molecule has 0 amide bonds. The maximum absolute atomic E-state index is 14.1. The molecule has 0 atom stereocenters. The molecule has 0 spiro atoms. The van der Waals surface area contributed by atoms with Crippen molar-refractivity contribution in [2.24, 2.45) is 0 Å². The molecule has 1 aromatic heterocycles. The molecular weight excluding hydrogens is 439 g/mol. The fourth-order valence-corrected chi connectivity index (χ4v) is 5.44. The van der Waals surface area contributed by atoms with Gasteiger partial charge in [0.25, 0.3) is 5.69 Å². The van der Waals surface area contributed by atoms with Gasteiger partial charge < -0.3 is 9.30 Å². The molecule has 11 heteroatoms. The number of nitro groups is 1. The number of sulfonamides is 1. The van der Waals surface area contributed by atoms with Crippen LogP contribution >= 0.6 is 0 Å². The zero-order chi connectivity index (χ0) is 22.9. The van der Waals surface area contributed by atoms with Crippen molar-refractivity contribution in [1.29, 1.82) is 0 Å². The second kappa shape index (κ2) is 8.83. The highest BCUT2D eigenvalue weighted by Gasteiger charge is 2.26. The largest absolute Gasteiger partial charge is 0.483 e. The number of imidazole rings is 1. The van der Waals surface area contributed by atoms with Gasteiger partial charge in [-0.3, -0.25) is 10.1 Å². The van der Waals surface area contributed by atoms with Crippen LogP contribution in [0.1, 0.15) is 32.0 Å². The third-order valence-corrected chi connectivity index (χ3v) is 7.45. The zero-order valence-electron chi connectivity index (χ0n) is 17.5. The molecule has 0 radical (unpaired) electrons. The molecule has 2 aromatic carbocycles. The molecule has 1 aliphatic heterocycles. The highest BCUT2D eigenvalue weighted by molar-refractivity contribution is 7.89. The number of benzene rings is 2. The van der Waals surface area contributed by atoms with Crippen LogP contribution in [0.15, 0.2) is 41.3 Å². The third kappa shape index (κ3) is 4.17. The summed E-state index contributed by atoms with van der Waals surface area (Å²) in [6.45, 7) is 3.42. The summed E-state index contributed by atoms with van der Waals surface area (Å²) in [6, 6.07) is 8.03. The van der Waals surface area contributed by atoms with Gasteiger partial charge in [-0.1, -0.05) is 6.42 Å². The number of nitrogens with zero attached hydrogens (tertiary/aromatic N) is 4. The zero-order valence-corrected chi connectivity index (χ0v) is 18.3. The molecule has 9 nitrogen and oxygen atoms in total. The van der Waals surface area contributed by atoms with Crippen LogP contribution in [0.3, 0.4) is 0 Å². The van der Waals surface area contributed by atoms with Crippen LogP contribution in [-0.2, 0) is 23.2 Å². The molecule has 0 saturated carbocycles. The summed E-state index contributed by atoms with van der Waals surface area (Å²) in [5.41, 5.74) is 0.888. The van der Waals surface area contributed by atoms with Gasteiger partial charge in [0.2, 0.25) is 10.0 Å². The third-order valence-electron chi connectivity index (χ3n) is 5.55. The van der Waals surface area contributed by atoms with E-state index < -0.39 is 20.8 Å². The van der Waals surface area contributed by atoms with Crippen molar-refractivity contribution in [2.75, 3.05) is 13.1 Å². The van der Waals surface area contributed by atoms with E-state index in [1.54, 1.807) is 18.2 Å². The molecule has 32 heavy (non-hydrogen) atoms. The summed E-state index contributed by atoms with van der Waals surface area (Å²) in [5, 5.41) is 10.8. The van der Waals surface area contributed by atoms with Gasteiger partial charge in [0, 0.05) is 25.7 Å². The summed E-state index contributed by atoms with van der Waals surface area (Å²) in [4.78, 5) is 14.8. The summed E-state index contributed by atoms with van der Waals surface area (Å²) < 4.78 is 49.0. The summed E-state index contributed by atoms with van der Waals surface area (Å²) >= 11 is 0. The first-order valence-corrected chi connectivity index (χ1v) is 11.8. The van der Waals surface area contributed by atoms with Gasteiger partial charge >= 0.3 is 0 Å². The SMILES string of the molecule is CCn1c(COc2ccc([N+](=O)[O-])cc2F)nc2cc(S(=O)(=O)N3CCCCC3)ccc21. The van der Waals surface area contributed by atoms with Gasteiger partial charge in [0.15, 0.2) is 11.6 Å². The van der Waals surface area contributed by atoms with Gasteiger partial charge in [-0.15, -0.1) is 0 Å². The summed E-state index contributed by atoms with van der Waals surface area (Å²) in [7, 11) is -3.59. The standard InChI is InChI=1S/C21H23FN4O5S/c1-2-25-19-8-7-16(32(29,30)24-10-4-3-5-11-24)13-18(19)23-21(25)14-31-20-9-6-15(26(27)28)12-17(20)22/h6-9,12-13H,2-5,10-11,14H2,1H3. The average Bonchev–Trinajstić information content (AvgIpc) is 3.15. The first-order chi connectivity index (χ1) is 15.3. The van der Waals surface area contributed by atoms with Crippen LogP contribution in [0.25, 0.3) is 11.0 Å². The molecule has 1 saturated heterocycles. The topological polar surface area (TPSA) is 108 Å². The van der Waals surface area contributed by atoms with Crippen LogP contribution in [0.4, 0.5) is 10.1 Å². The van der Waals surface area contributed by atoms with Crippen molar-refractivity contribution in [2.45, 2.75) is 44.2 Å². The minimum atomic E-state index is -3.59. The Bertz CT molecular complexity index is 1270. The number of hydrogen-bond donors (Lipinski definition) is 0. The Morgan fingerprint density at radius 1 is 1.16 bits per heavy atom. The van der Waals surface area contributed by atoms with E-state index in [9.17, 15) is 22.9 Å². The first-order valence-electron chi connectivity index (χ1n) is 10.4. The molecule has 0 unspecified atom stereocenters. The predicted molar refractivity (Wildman–Crippen MR) is 115 cm³/mol. The first kappa shape index (κ1) is 22.2. The molecule has 0 aliphatic carbocycles. The van der Waals surface area contributed by atoms with Crippen molar-refractivity contribution in [1.82, 2.24) is 13.9 Å². The number of non-ortho nitro benzene ring substituents is 1. The quantitative estimate of drug-likeness (QED) is 0.390. The van der Waals surface area contributed by atoms with E-state index >= 15 is 0 Å². The number of aromatic nitrogens is 2. The van der Waals surface area contributed by atoms with Gasteiger partial charge in [0.1, 0.15) is 12.4 Å². The Balaban J connectivity index is 1.61. The number of ether oxygens (including phenoxy) is 1. The average molecular weight is 463 g/mol. The summed E-state index contributed by atoms with van der Waals surface area (Å²) in [5.74, 6) is -0.472. The normalized spacial score (nSPS) is 15.2. The van der Waals surface area contributed by atoms with Gasteiger partial charge in [0.05, 0.1) is 26.9 Å². The smallest absolute Gasteiger partial charge is 0.272 e. The van der Waals surface area contributed by atoms with Crippen molar-refractivity contribution in [3.05, 3.63) is 58.2 Å². The lowest BCUT2D eigenvalue weighted by molar-refractivity contribution is -0.385. The van der Waals surface area contributed by atoms with E-state index in [4.69, 9.17) is 4.74 Å². The fraction of sp³-hybridized carbons (Fsp3) is 0.381. The van der Waals surface area contributed by atoms with Crippen molar-refractivity contribution in [3.8, 4) is 5.75 Å². The Kier molecular flexibility index (Phi) is 6.11. The lowest BCUT2D eigenvalue weighted by Crippen LogP contribution is -2.35. The number of nitro benzene ring substituents is 1. The lowest BCUT2D eigenvalue weighted by Gasteiger charge is -2.25. The van der Waals surface area contributed by atoms with Crippen LogP contribution in [0, 0.1) is 15.9 Å². The minimum absolute atomic E-state index is 0.0779. The van der Waals surface area contributed by atoms with Crippen LogP contribution < -0.4 is 4.74 Å². The highest BCUT2D eigenvalue weighted by Crippen LogP contribution is 2.27. The molecule has 0 N–H and O–H groups in total. The minimum Gasteiger partial charge on any atom is -0.483 e. The van der Waals surface area contributed by atoms with Crippen molar-refractivity contribution < 1.29 is 22.5 Å². The molecule has 3 aromatic rings. The van der Waals surface area contributed by atoms with Gasteiger partial charge in [-0.25, -0.2) is 17.8 Å². The number of halogens is 1. The second-order valence-corrected chi connectivity index (χ2v) is 9.49. The number of aryl methyl sites for hydroxylation is 1. The number of rotatable bonds is 7. The van der Waals surface area contributed by atoms with E-state index in [0.29, 0.717) is 31.0 Å². The molecule has 170 valence electrons. The summed E-state index contributed by atoms with van der Waals surface area (Å²) in [6.07, 6.45) is 2.74. The molecule has 1 aliphatic rings. The van der Waals surface area contributed by atoms with E-state index in [1.807, 2.05) is 11.5 Å². The Morgan fingerprint density at radius 2 is 1.91 bits per heavy atom. The van der Waals surface area contributed by atoms with Crippen molar-refractivity contribution >= 4 is 26.7 Å². The van der Waals surface area contributed by atoms with Crippen LogP contribution in [0.5, 0.6) is 5.75 Å². The maximum Gasteiger partial charge on any atom is 0.272 e. The molecule has 2 heterocycles. The maximum atomic E-state index is 14.1. The number of fused-ring (bicyclic) bond motifs is 1. The van der Waals surface area contributed by atoms with E-state index in [-0.39, 0.29) is 22.9 Å². The highest BCUT2D eigenvalue weighted by atomic mass is 32.2. The Hall–Kier alpha value is -3.05. The van der Waals surface area contributed by atoms with E-state index in [1.165, 1.54) is 16.4 Å². The van der Waals surface area contributed by atoms with Crippen LogP contribution in [-0.4, -0.2) is 40.3 Å². The van der Waals surface area contributed by atoms with Gasteiger partial charge in [-0.2, -0.15) is 4.31 Å². The second-order valence-electron chi connectivity index (χ2n) is 7.55. The molecular formula is C21H23FN4O5S.